The van der Waals surface area contributed by atoms with Gasteiger partial charge in [-0.25, -0.2) is 0 Å². The van der Waals surface area contributed by atoms with E-state index in [9.17, 15) is 10.2 Å². The van der Waals surface area contributed by atoms with Crippen LogP contribution in [0.2, 0.25) is 0 Å². The Labute approximate surface area is 73.6 Å². The highest BCUT2D eigenvalue weighted by atomic mass is 16.3. The van der Waals surface area contributed by atoms with Crippen LogP contribution in [0.15, 0.2) is 0 Å². The van der Waals surface area contributed by atoms with Gasteiger partial charge in [0.05, 0.1) is 11.7 Å². The van der Waals surface area contributed by atoms with E-state index in [-0.39, 0.29) is 5.41 Å². The molecule has 0 spiro atoms. The minimum absolute atomic E-state index is 0.239. The summed E-state index contributed by atoms with van der Waals surface area (Å²) in [4.78, 5) is 0. The lowest BCUT2D eigenvalue weighted by Gasteiger charge is -2.64. The molecule has 2 N–H and O–H groups in total. The first kappa shape index (κ1) is 8.52. The third kappa shape index (κ3) is 0.775. The molecule has 4 atom stereocenters. The van der Waals surface area contributed by atoms with Gasteiger partial charge >= 0.3 is 0 Å². The molecule has 3 rings (SSSR count). The summed E-state index contributed by atoms with van der Waals surface area (Å²) >= 11 is 0. The zero-order valence-corrected chi connectivity index (χ0v) is 8.04. The summed E-state index contributed by atoms with van der Waals surface area (Å²) in [5.41, 5.74) is -0.610. The van der Waals surface area contributed by atoms with Gasteiger partial charge in [0.1, 0.15) is 0 Å². The molecule has 3 aliphatic carbocycles. The summed E-state index contributed by atoms with van der Waals surface area (Å²) in [6.07, 6.45) is 1.36. The molecule has 0 radical (unpaired) electrons. The molecule has 0 unspecified atom stereocenters. The minimum atomic E-state index is -0.849. The maximum absolute atomic E-state index is 10.0. The van der Waals surface area contributed by atoms with Crippen molar-refractivity contribution in [2.45, 2.75) is 45.3 Å². The Morgan fingerprint density at radius 2 is 1.75 bits per heavy atom. The van der Waals surface area contributed by atoms with Crippen LogP contribution in [0.5, 0.6) is 0 Å². The van der Waals surface area contributed by atoms with E-state index < -0.39 is 11.7 Å². The van der Waals surface area contributed by atoms with Gasteiger partial charge in [0.25, 0.3) is 0 Å². The highest BCUT2D eigenvalue weighted by Crippen LogP contribution is 2.62. The van der Waals surface area contributed by atoms with Gasteiger partial charge in [-0.3, -0.25) is 0 Å². The smallest absolute Gasteiger partial charge is 0.0910 e. The zero-order chi connectivity index (χ0) is 9.15. The third-order valence-electron chi connectivity index (χ3n) is 4.36. The summed E-state index contributed by atoms with van der Waals surface area (Å²) in [6.45, 7) is 6.18. The number of fused-ring (bicyclic) bond motifs is 2. The lowest BCUT2D eigenvalue weighted by atomic mass is 9.43. The lowest BCUT2D eigenvalue weighted by molar-refractivity contribution is -0.245. The van der Waals surface area contributed by atoms with Gasteiger partial charge in [-0.2, -0.15) is 0 Å². The Bertz CT molecular complexity index is 208. The van der Waals surface area contributed by atoms with Crippen molar-refractivity contribution in [3.05, 3.63) is 0 Å². The van der Waals surface area contributed by atoms with Crippen LogP contribution < -0.4 is 0 Å². The molecule has 3 fully saturated rings. The Balaban J connectivity index is 2.27. The van der Waals surface area contributed by atoms with Gasteiger partial charge in [0.15, 0.2) is 0 Å². The van der Waals surface area contributed by atoms with E-state index in [2.05, 4.69) is 13.8 Å². The monoisotopic (exact) mass is 170 g/mol. The molecule has 0 aromatic rings. The molecule has 3 saturated carbocycles. The summed E-state index contributed by atoms with van der Waals surface area (Å²) in [5.74, 6) is 0.913. The Morgan fingerprint density at radius 3 is 2.08 bits per heavy atom. The maximum atomic E-state index is 10.0. The average Bonchev–Trinajstić information content (AvgIpc) is 1.93. The van der Waals surface area contributed by atoms with Crippen molar-refractivity contribution in [1.29, 1.82) is 0 Å². The van der Waals surface area contributed by atoms with Crippen LogP contribution in [0.25, 0.3) is 0 Å². The fourth-order valence-electron chi connectivity index (χ4n) is 3.15. The highest BCUT2D eigenvalue weighted by molar-refractivity contribution is 5.12. The fourth-order valence-corrected chi connectivity index (χ4v) is 3.15. The standard InChI is InChI=1S/C10H18O2/c1-9(2)6-4-7(9)10(3,12)8(11)5-6/h6-8,11-12H,4-5H2,1-3H3/t6-,7-,8-,10+/m0/s1. The first-order valence-electron chi connectivity index (χ1n) is 4.77. The third-order valence-corrected chi connectivity index (χ3v) is 4.36. The summed E-state index contributed by atoms with van der Waals surface area (Å²) in [7, 11) is 0. The Kier molecular flexibility index (Phi) is 1.45. The quantitative estimate of drug-likeness (QED) is 0.573. The van der Waals surface area contributed by atoms with Crippen molar-refractivity contribution in [3.8, 4) is 0 Å². The highest BCUT2D eigenvalue weighted by Gasteiger charge is 2.62. The topological polar surface area (TPSA) is 40.5 Å². The molecule has 0 amide bonds. The van der Waals surface area contributed by atoms with Gasteiger partial charge in [-0.1, -0.05) is 13.8 Å². The van der Waals surface area contributed by atoms with E-state index in [0.717, 1.165) is 12.8 Å². The van der Waals surface area contributed by atoms with Gasteiger partial charge in [0.2, 0.25) is 0 Å². The van der Waals surface area contributed by atoms with Crippen LogP contribution in [0, 0.1) is 17.3 Å². The molecule has 0 saturated heterocycles. The Morgan fingerprint density at radius 1 is 1.17 bits per heavy atom. The number of hydrogen-bond acceptors (Lipinski definition) is 2. The van der Waals surface area contributed by atoms with Crippen molar-refractivity contribution in [3.63, 3.8) is 0 Å². The number of aliphatic hydroxyl groups is 2. The molecule has 0 aromatic heterocycles. The maximum Gasteiger partial charge on any atom is 0.0910 e. The normalized spacial score (nSPS) is 56.2. The van der Waals surface area contributed by atoms with Crippen LogP contribution in [0.3, 0.4) is 0 Å². The number of aliphatic hydroxyl groups excluding tert-OH is 1. The molecule has 3 aliphatic rings. The van der Waals surface area contributed by atoms with Gasteiger partial charge in [0, 0.05) is 0 Å². The summed E-state index contributed by atoms with van der Waals surface area (Å²) in [6, 6.07) is 0. The van der Waals surface area contributed by atoms with E-state index in [1.54, 1.807) is 6.92 Å². The molecule has 0 heterocycles. The van der Waals surface area contributed by atoms with E-state index >= 15 is 0 Å². The van der Waals surface area contributed by atoms with Crippen molar-refractivity contribution >= 4 is 0 Å². The zero-order valence-electron chi connectivity index (χ0n) is 8.04. The molecule has 0 aromatic carbocycles. The SMILES string of the molecule is CC1(C)[C@@H]2C[C@H](O)[C@](C)(O)[C@H]1C2. The van der Waals surface area contributed by atoms with E-state index in [1.807, 2.05) is 0 Å². The van der Waals surface area contributed by atoms with Crippen molar-refractivity contribution in [2.24, 2.45) is 17.3 Å². The minimum Gasteiger partial charge on any atom is -0.390 e. The number of rotatable bonds is 0. The second-order valence-electron chi connectivity index (χ2n) is 5.28. The molecule has 2 nitrogen and oxygen atoms in total. The molecule has 2 bridgehead atoms. The van der Waals surface area contributed by atoms with Crippen molar-refractivity contribution in [1.82, 2.24) is 0 Å². The molecular formula is C10H18O2. The first-order chi connectivity index (χ1) is 5.37. The molecule has 70 valence electrons. The first-order valence-corrected chi connectivity index (χ1v) is 4.77. The average molecular weight is 170 g/mol. The van der Waals surface area contributed by atoms with E-state index in [4.69, 9.17) is 0 Å². The lowest BCUT2D eigenvalue weighted by Crippen LogP contribution is -2.66. The van der Waals surface area contributed by atoms with Crippen molar-refractivity contribution in [2.75, 3.05) is 0 Å². The fraction of sp³-hybridized carbons (Fsp3) is 1.00. The van der Waals surface area contributed by atoms with E-state index in [0.29, 0.717) is 11.8 Å². The second kappa shape index (κ2) is 2.05. The number of hydrogen-bond donors (Lipinski definition) is 2. The van der Waals surface area contributed by atoms with Crippen LogP contribution in [-0.4, -0.2) is 21.9 Å². The summed E-state index contributed by atoms with van der Waals surface area (Å²) < 4.78 is 0. The van der Waals surface area contributed by atoms with Crippen LogP contribution >= 0.6 is 0 Å². The van der Waals surface area contributed by atoms with E-state index in [1.165, 1.54) is 0 Å². The molecule has 12 heavy (non-hydrogen) atoms. The van der Waals surface area contributed by atoms with Crippen LogP contribution in [0.4, 0.5) is 0 Å². The largest absolute Gasteiger partial charge is 0.390 e. The molecule has 2 heteroatoms. The predicted octanol–water partition coefficient (Wildman–Crippen LogP) is 1.16. The van der Waals surface area contributed by atoms with Crippen molar-refractivity contribution < 1.29 is 10.2 Å². The van der Waals surface area contributed by atoms with Crippen LogP contribution in [-0.2, 0) is 0 Å². The van der Waals surface area contributed by atoms with Gasteiger partial charge in [-0.05, 0) is 37.0 Å². The Hall–Kier alpha value is -0.0800. The van der Waals surface area contributed by atoms with Gasteiger partial charge in [-0.15, -0.1) is 0 Å². The van der Waals surface area contributed by atoms with Gasteiger partial charge < -0.3 is 10.2 Å². The molecule has 0 aliphatic heterocycles. The predicted molar refractivity (Wildman–Crippen MR) is 46.6 cm³/mol. The second-order valence-corrected chi connectivity index (χ2v) is 5.28. The summed E-state index contributed by atoms with van der Waals surface area (Å²) in [5, 5.41) is 19.7. The van der Waals surface area contributed by atoms with Crippen LogP contribution in [0.1, 0.15) is 33.6 Å². The molecular weight excluding hydrogens is 152 g/mol.